The Morgan fingerprint density at radius 2 is 1.72 bits per heavy atom. The third-order valence-corrected chi connectivity index (χ3v) is 8.67. The van der Waals surface area contributed by atoms with Crippen LogP contribution in [0, 0.1) is 25.5 Å². The lowest BCUT2D eigenvalue weighted by atomic mass is 9.91. The standard InChI is InChI=1S/C35H31F5N2O5/c1-17-4-3-5-27-29(17)21-12-18(2)31(37)23(14-21)26(15-28(43)44)41-33(45)32(22-13-19(16-47-27)6-9-25(22)36)42-11-10-24(35(38,39)40)30(34(42)46)20-7-8-20/h3-6,9-14,20,26,28,32,43-44H,7-8,15-16H2,1-2H3,(H,41,45)/t26-,32-/m0/s1. The van der Waals surface area contributed by atoms with Crippen LogP contribution < -0.4 is 15.6 Å². The van der Waals surface area contributed by atoms with Gasteiger partial charge in [-0.15, -0.1) is 0 Å². The van der Waals surface area contributed by atoms with Crippen molar-refractivity contribution in [2.24, 2.45) is 0 Å². The summed E-state index contributed by atoms with van der Waals surface area (Å²) in [6.45, 7) is 3.22. The molecule has 246 valence electrons. The first kappa shape index (κ1) is 32.4. The summed E-state index contributed by atoms with van der Waals surface area (Å²) in [6, 6.07) is 9.54. The number of fused-ring (bicyclic) bond motifs is 6. The van der Waals surface area contributed by atoms with Gasteiger partial charge >= 0.3 is 6.18 Å². The van der Waals surface area contributed by atoms with Crippen LogP contribution in [0.1, 0.15) is 76.2 Å². The molecule has 4 aromatic rings. The van der Waals surface area contributed by atoms with Gasteiger partial charge in [0.15, 0.2) is 6.29 Å². The summed E-state index contributed by atoms with van der Waals surface area (Å²) in [5.74, 6) is -3.03. The predicted octanol–water partition coefficient (Wildman–Crippen LogP) is 6.35. The second kappa shape index (κ2) is 12.2. The summed E-state index contributed by atoms with van der Waals surface area (Å²) in [7, 11) is 0. The summed E-state index contributed by atoms with van der Waals surface area (Å²) in [5.41, 5.74) is -0.755. The molecular formula is C35H31F5N2O5. The molecule has 2 aliphatic rings. The summed E-state index contributed by atoms with van der Waals surface area (Å²) < 4.78 is 80.4. The van der Waals surface area contributed by atoms with Crippen LogP contribution in [0.15, 0.2) is 65.6 Å². The average Bonchev–Trinajstić information content (AvgIpc) is 3.83. The van der Waals surface area contributed by atoms with Crippen molar-refractivity contribution in [2.75, 3.05) is 0 Å². The first-order valence-electron chi connectivity index (χ1n) is 15.0. The van der Waals surface area contributed by atoms with Gasteiger partial charge in [0.25, 0.3) is 5.56 Å². The van der Waals surface area contributed by atoms with E-state index in [1.165, 1.54) is 25.1 Å². The number of ether oxygens (including phenoxy) is 1. The van der Waals surface area contributed by atoms with Crippen LogP contribution in [0.2, 0.25) is 0 Å². The number of benzene rings is 3. The number of halogens is 5. The molecule has 6 rings (SSSR count). The fourth-order valence-electron chi connectivity index (χ4n) is 6.31. The van der Waals surface area contributed by atoms with E-state index < -0.39 is 71.1 Å². The zero-order valence-electron chi connectivity index (χ0n) is 25.4. The number of carbonyl (C=O) groups excluding carboxylic acids is 1. The predicted molar refractivity (Wildman–Crippen MR) is 162 cm³/mol. The highest BCUT2D eigenvalue weighted by Crippen LogP contribution is 2.45. The number of aliphatic hydroxyl groups excluding tert-OH is 1. The molecule has 1 aliphatic carbocycles. The van der Waals surface area contributed by atoms with Gasteiger partial charge in [-0.3, -0.25) is 14.2 Å². The molecule has 0 unspecified atom stereocenters. The number of carbonyl (C=O) groups is 1. The number of nitrogens with one attached hydrogen (secondary N) is 1. The number of aliphatic hydroxyl groups is 2. The van der Waals surface area contributed by atoms with Crippen molar-refractivity contribution in [3.05, 3.63) is 122 Å². The Labute approximate surface area is 266 Å². The highest BCUT2D eigenvalue weighted by molar-refractivity contribution is 5.84. The maximum Gasteiger partial charge on any atom is 0.416 e. The lowest BCUT2D eigenvalue weighted by Crippen LogP contribution is -2.42. The summed E-state index contributed by atoms with van der Waals surface area (Å²) in [5, 5.41) is 22.5. The number of hydrogen-bond donors (Lipinski definition) is 3. The lowest BCUT2D eigenvalue weighted by molar-refractivity contribution is -0.138. The number of nitrogens with zero attached hydrogens (tertiary/aromatic N) is 1. The SMILES string of the molecule is Cc1cc2cc(c1F)[C@H](CC(O)O)NC(=O)[C@@H](n1ccc(C(F)(F)F)c(C3CC3)c1=O)c1cc(ccc1F)COc1cccc(C)c1-2. The second-order valence-electron chi connectivity index (χ2n) is 12.1. The van der Waals surface area contributed by atoms with Crippen molar-refractivity contribution in [3.8, 4) is 16.9 Å². The number of aryl methyl sites for hydroxylation is 2. The van der Waals surface area contributed by atoms with Crippen LogP contribution in [-0.4, -0.2) is 27.0 Å². The molecule has 7 nitrogen and oxygen atoms in total. The smallest absolute Gasteiger partial charge is 0.416 e. The molecule has 1 saturated carbocycles. The van der Waals surface area contributed by atoms with E-state index in [1.807, 2.05) is 13.0 Å². The molecule has 12 heteroatoms. The Morgan fingerprint density at radius 3 is 2.40 bits per heavy atom. The van der Waals surface area contributed by atoms with E-state index in [2.05, 4.69) is 5.32 Å². The Balaban J connectivity index is 1.60. The Hall–Kier alpha value is -4.55. The maximum atomic E-state index is 15.9. The van der Waals surface area contributed by atoms with Gasteiger partial charge in [-0.2, -0.15) is 13.2 Å². The van der Waals surface area contributed by atoms with Crippen LogP contribution in [0.4, 0.5) is 22.0 Å². The van der Waals surface area contributed by atoms with E-state index in [0.717, 1.165) is 22.4 Å². The van der Waals surface area contributed by atoms with E-state index >= 15 is 8.78 Å². The molecule has 0 spiro atoms. The molecule has 47 heavy (non-hydrogen) atoms. The Bertz CT molecular complexity index is 1930. The highest BCUT2D eigenvalue weighted by atomic mass is 19.4. The van der Waals surface area contributed by atoms with E-state index in [0.29, 0.717) is 41.3 Å². The third kappa shape index (κ3) is 6.27. The van der Waals surface area contributed by atoms with Crippen LogP contribution in [-0.2, 0) is 17.6 Å². The number of amides is 1. The quantitative estimate of drug-likeness (QED) is 0.176. The molecule has 0 radical (unpaired) electrons. The zero-order chi connectivity index (χ0) is 33.8. The van der Waals surface area contributed by atoms with Gasteiger partial charge in [-0.25, -0.2) is 8.78 Å². The van der Waals surface area contributed by atoms with Crippen molar-refractivity contribution in [1.82, 2.24) is 9.88 Å². The highest BCUT2D eigenvalue weighted by Gasteiger charge is 2.42. The number of aromatic nitrogens is 1. The molecule has 2 atom stereocenters. The van der Waals surface area contributed by atoms with Crippen molar-refractivity contribution in [2.45, 2.75) is 70.2 Å². The fraction of sp³-hybridized carbons (Fsp3) is 0.314. The van der Waals surface area contributed by atoms with E-state index in [9.17, 15) is 33.0 Å². The topological polar surface area (TPSA) is 101 Å². The first-order valence-corrected chi connectivity index (χ1v) is 15.0. The van der Waals surface area contributed by atoms with Gasteiger partial charge in [0.2, 0.25) is 5.91 Å². The van der Waals surface area contributed by atoms with Crippen molar-refractivity contribution < 1.29 is 41.7 Å². The molecule has 4 bridgehead atoms. The number of pyridine rings is 1. The molecule has 3 aromatic carbocycles. The monoisotopic (exact) mass is 654 g/mol. The number of alkyl halides is 3. The van der Waals surface area contributed by atoms with E-state index in [1.54, 1.807) is 18.2 Å². The van der Waals surface area contributed by atoms with Crippen molar-refractivity contribution in [1.29, 1.82) is 0 Å². The zero-order valence-corrected chi connectivity index (χ0v) is 25.4. The van der Waals surface area contributed by atoms with Gasteiger partial charge in [-0.05, 0) is 91.3 Å². The minimum atomic E-state index is -4.85. The number of rotatable bonds is 4. The second-order valence-corrected chi connectivity index (χ2v) is 12.1. The minimum Gasteiger partial charge on any atom is -0.488 e. The lowest BCUT2D eigenvalue weighted by Gasteiger charge is -2.28. The van der Waals surface area contributed by atoms with Crippen LogP contribution >= 0.6 is 0 Å². The molecule has 1 aromatic heterocycles. The van der Waals surface area contributed by atoms with Gasteiger partial charge in [0.05, 0.1) is 11.6 Å². The van der Waals surface area contributed by atoms with Gasteiger partial charge < -0.3 is 20.3 Å². The van der Waals surface area contributed by atoms with Gasteiger partial charge in [0.1, 0.15) is 30.0 Å². The summed E-state index contributed by atoms with van der Waals surface area (Å²) in [6.07, 6.45) is -6.00. The van der Waals surface area contributed by atoms with E-state index in [4.69, 9.17) is 4.74 Å². The molecule has 1 aliphatic heterocycles. The average molecular weight is 655 g/mol. The molecule has 2 heterocycles. The van der Waals surface area contributed by atoms with Crippen molar-refractivity contribution in [3.63, 3.8) is 0 Å². The third-order valence-electron chi connectivity index (χ3n) is 8.67. The fourth-order valence-corrected chi connectivity index (χ4v) is 6.31. The van der Waals surface area contributed by atoms with Crippen LogP contribution in [0.3, 0.4) is 0 Å². The Morgan fingerprint density at radius 1 is 0.979 bits per heavy atom. The molecule has 1 amide bonds. The van der Waals surface area contributed by atoms with Crippen LogP contribution in [0.5, 0.6) is 5.75 Å². The molecule has 3 N–H and O–H groups in total. The first-order chi connectivity index (χ1) is 22.2. The molecular weight excluding hydrogens is 623 g/mol. The molecule has 0 saturated heterocycles. The van der Waals surface area contributed by atoms with Crippen LogP contribution in [0.25, 0.3) is 11.1 Å². The van der Waals surface area contributed by atoms with Gasteiger partial charge in [-0.1, -0.05) is 18.2 Å². The van der Waals surface area contributed by atoms with E-state index in [-0.39, 0.29) is 23.3 Å². The number of hydrogen-bond acceptors (Lipinski definition) is 5. The maximum absolute atomic E-state index is 15.9. The van der Waals surface area contributed by atoms with Gasteiger partial charge in [0, 0.05) is 34.9 Å². The Kier molecular flexibility index (Phi) is 8.43. The molecule has 1 fully saturated rings. The normalized spacial score (nSPS) is 18.3. The minimum absolute atomic E-state index is 0.111. The summed E-state index contributed by atoms with van der Waals surface area (Å²) in [4.78, 5) is 28.0. The van der Waals surface area contributed by atoms with Crippen molar-refractivity contribution >= 4 is 5.91 Å². The summed E-state index contributed by atoms with van der Waals surface area (Å²) >= 11 is 0. The largest absolute Gasteiger partial charge is 0.488 e.